The fourth-order valence-corrected chi connectivity index (χ4v) is 2.17. The SMILES string of the molecule is CC(C)c1onc(C2CCOCC2)c1C(=O)O. The summed E-state index contributed by atoms with van der Waals surface area (Å²) < 4.78 is 10.5. The Morgan fingerprint density at radius 2 is 2.06 bits per heavy atom. The Labute approximate surface area is 99.7 Å². The Morgan fingerprint density at radius 3 is 2.59 bits per heavy atom. The minimum Gasteiger partial charge on any atom is -0.477 e. The van der Waals surface area contributed by atoms with E-state index in [1.165, 1.54) is 0 Å². The molecule has 17 heavy (non-hydrogen) atoms. The van der Waals surface area contributed by atoms with Crippen molar-refractivity contribution in [1.29, 1.82) is 0 Å². The monoisotopic (exact) mass is 239 g/mol. The number of ether oxygens (including phenoxy) is 1. The Kier molecular flexibility index (Phi) is 3.47. The first-order valence-electron chi connectivity index (χ1n) is 5.91. The summed E-state index contributed by atoms with van der Waals surface area (Å²) in [5, 5.41) is 13.3. The van der Waals surface area contributed by atoms with Crippen molar-refractivity contribution in [2.45, 2.75) is 38.5 Å². The van der Waals surface area contributed by atoms with E-state index in [0.29, 0.717) is 24.7 Å². The van der Waals surface area contributed by atoms with Crippen molar-refractivity contribution >= 4 is 5.97 Å². The van der Waals surface area contributed by atoms with E-state index in [0.717, 1.165) is 12.8 Å². The smallest absolute Gasteiger partial charge is 0.341 e. The molecule has 1 aromatic rings. The topological polar surface area (TPSA) is 72.6 Å². The van der Waals surface area contributed by atoms with Crippen LogP contribution in [0.5, 0.6) is 0 Å². The highest BCUT2D eigenvalue weighted by Crippen LogP contribution is 2.32. The third-order valence-electron chi connectivity index (χ3n) is 3.09. The minimum atomic E-state index is -0.948. The van der Waals surface area contributed by atoms with Crippen LogP contribution in [0.15, 0.2) is 4.52 Å². The maximum Gasteiger partial charge on any atom is 0.341 e. The van der Waals surface area contributed by atoms with Crippen molar-refractivity contribution in [2.75, 3.05) is 13.2 Å². The number of carbonyl (C=O) groups is 1. The summed E-state index contributed by atoms with van der Waals surface area (Å²) in [5.74, 6) is -0.302. The van der Waals surface area contributed by atoms with Gasteiger partial charge in [-0.25, -0.2) is 4.79 Å². The van der Waals surface area contributed by atoms with Gasteiger partial charge in [0.2, 0.25) is 0 Å². The lowest BCUT2D eigenvalue weighted by Gasteiger charge is -2.20. The van der Waals surface area contributed by atoms with Crippen molar-refractivity contribution < 1.29 is 19.2 Å². The number of carboxylic acid groups (broad SMARTS) is 1. The second kappa shape index (κ2) is 4.87. The molecule has 5 heteroatoms. The molecule has 1 aliphatic heterocycles. The summed E-state index contributed by atoms with van der Waals surface area (Å²) in [6, 6.07) is 0. The van der Waals surface area contributed by atoms with Gasteiger partial charge in [0.15, 0.2) is 5.76 Å². The summed E-state index contributed by atoms with van der Waals surface area (Å²) in [4.78, 5) is 11.3. The lowest BCUT2D eigenvalue weighted by atomic mass is 9.91. The summed E-state index contributed by atoms with van der Waals surface area (Å²) >= 11 is 0. The van der Waals surface area contributed by atoms with Crippen LogP contribution in [0.2, 0.25) is 0 Å². The van der Waals surface area contributed by atoms with Crippen LogP contribution in [-0.2, 0) is 4.74 Å². The summed E-state index contributed by atoms with van der Waals surface area (Å²) in [6.45, 7) is 5.13. The predicted molar refractivity (Wildman–Crippen MR) is 60.3 cm³/mol. The number of rotatable bonds is 3. The van der Waals surface area contributed by atoms with Gasteiger partial charge >= 0.3 is 5.97 Å². The molecule has 5 nitrogen and oxygen atoms in total. The molecule has 2 heterocycles. The Balaban J connectivity index is 2.36. The second-order valence-corrected chi connectivity index (χ2v) is 4.65. The van der Waals surface area contributed by atoms with Crippen molar-refractivity contribution in [3.63, 3.8) is 0 Å². The normalized spacial score (nSPS) is 17.6. The number of aromatic nitrogens is 1. The first-order valence-corrected chi connectivity index (χ1v) is 5.91. The van der Waals surface area contributed by atoms with Crippen LogP contribution < -0.4 is 0 Å². The number of nitrogens with zero attached hydrogens (tertiary/aromatic N) is 1. The molecule has 0 spiro atoms. The van der Waals surface area contributed by atoms with Crippen molar-refractivity contribution in [3.05, 3.63) is 17.0 Å². The van der Waals surface area contributed by atoms with Gasteiger partial charge in [-0.3, -0.25) is 0 Å². The molecule has 0 radical (unpaired) electrons. The average Bonchev–Trinajstić information content (AvgIpc) is 2.74. The maximum atomic E-state index is 11.3. The zero-order valence-electron chi connectivity index (χ0n) is 10.1. The molecule has 94 valence electrons. The molecule has 1 N–H and O–H groups in total. The van der Waals surface area contributed by atoms with E-state index in [-0.39, 0.29) is 17.4 Å². The largest absolute Gasteiger partial charge is 0.477 e. The van der Waals surface area contributed by atoms with Gasteiger partial charge in [-0.1, -0.05) is 19.0 Å². The van der Waals surface area contributed by atoms with Gasteiger partial charge in [0.1, 0.15) is 11.3 Å². The number of hydrogen-bond donors (Lipinski definition) is 1. The Bertz CT molecular complexity index is 405. The van der Waals surface area contributed by atoms with E-state index in [1.807, 2.05) is 13.8 Å². The molecular formula is C12H17NO4. The molecule has 2 rings (SSSR count). The van der Waals surface area contributed by atoms with Crippen LogP contribution in [0.25, 0.3) is 0 Å². The summed E-state index contributed by atoms with van der Waals surface area (Å²) in [6.07, 6.45) is 1.62. The molecule has 0 atom stereocenters. The quantitative estimate of drug-likeness (QED) is 0.876. The lowest BCUT2D eigenvalue weighted by Crippen LogP contribution is -2.17. The van der Waals surface area contributed by atoms with Crippen molar-refractivity contribution in [2.24, 2.45) is 0 Å². The molecule has 0 bridgehead atoms. The highest BCUT2D eigenvalue weighted by Gasteiger charge is 2.30. The van der Waals surface area contributed by atoms with E-state index in [2.05, 4.69) is 5.16 Å². The van der Waals surface area contributed by atoms with Crippen molar-refractivity contribution in [1.82, 2.24) is 5.16 Å². The highest BCUT2D eigenvalue weighted by atomic mass is 16.5. The molecule has 1 fully saturated rings. The van der Waals surface area contributed by atoms with Crippen LogP contribution in [-0.4, -0.2) is 29.4 Å². The van der Waals surface area contributed by atoms with E-state index in [9.17, 15) is 9.90 Å². The fourth-order valence-electron chi connectivity index (χ4n) is 2.17. The molecule has 1 aliphatic rings. The average molecular weight is 239 g/mol. The molecule has 1 aromatic heterocycles. The van der Waals surface area contributed by atoms with E-state index in [1.54, 1.807) is 0 Å². The number of carboxylic acids is 1. The summed E-state index contributed by atoms with van der Waals surface area (Å²) in [7, 11) is 0. The van der Waals surface area contributed by atoms with Gasteiger partial charge in [-0.05, 0) is 12.8 Å². The van der Waals surface area contributed by atoms with Gasteiger partial charge < -0.3 is 14.4 Å². The predicted octanol–water partition coefficient (Wildman–Crippen LogP) is 2.39. The zero-order chi connectivity index (χ0) is 12.4. The molecular weight excluding hydrogens is 222 g/mol. The minimum absolute atomic E-state index is 0.0298. The highest BCUT2D eigenvalue weighted by molar-refractivity contribution is 5.90. The van der Waals surface area contributed by atoms with Crippen molar-refractivity contribution in [3.8, 4) is 0 Å². The van der Waals surface area contributed by atoms with Gasteiger partial charge in [0, 0.05) is 25.0 Å². The van der Waals surface area contributed by atoms with Gasteiger partial charge in [-0.15, -0.1) is 0 Å². The van der Waals surface area contributed by atoms with Crippen LogP contribution in [0, 0.1) is 0 Å². The third-order valence-corrected chi connectivity index (χ3v) is 3.09. The molecule has 1 saturated heterocycles. The molecule has 0 unspecified atom stereocenters. The Morgan fingerprint density at radius 1 is 1.41 bits per heavy atom. The lowest BCUT2D eigenvalue weighted by molar-refractivity contribution is 0.0683. The van der Waals surface area contributed by atoms with E-state index < -0.39 is 5.97 Å². The molecule has 0 aliphatic carbocycles. The molecule has 0 saturated carbocycles. The van der Waals surface area contributed by atoms with E-state index in [4.69, 9.17) is 9.26 Å². The zero-order valence-corrected chi connectivity index (χ0v) is 10.1. The fraction of sp³-hybridized carbons (Fsp3) is 0.667. The Hall–Kier alpha value is -1.36. The van der Waals surface area contributed by atoms with Gasteiger partial charge in [0.05, 0.1) is 0 Å². The standard InChI is InChI=1S/C12H17NO4/c1-7(2)11-9(12(14)15)10(13-17-11)8-3-5-16-6-4-8/h7-8H,3-6H2,1-2H3,(H,14,15). The van der Waals surface area contributed by atoms with E-state index >= 15 is 0 Å². The number of hydrogen-bond acceptors (Lipinski definition) is 4. The van der Waals surface area contributed by atoms with Crippen LogP contribution in [0.1, 0.15) is 60.3 Å². The number of aromatic carboxylic acids is 1. The first kappa shape index (κ1) is 12.1. The van der Waals surface area contributed by atoms with Gasteiger partial charge in [0.25, 0.3) is 0 Å². The molecule has 0 aromatic carbocycles. The maximum absolute atomic E-state index is 11.3. The van der Waals surface area contributed by atoms with Gasteiger partial charge in [-0.2, -0.15) is 0 Å². The second-order valence-electron chi connectivity index (χ2n) is 4.65. The molecule has 0 amide bonds. The van der Waals surface area contributed by atoms with Crippen LogP contribution in [0.3, 0.4) is 0 Å². The third kappa shape index (κ3) is 2.34. The van der Waals surface area contributed by atoms with Crippen LogP contribution in [0.4, 0.5) is 0 Å². The summed E-state index contributed by atoms with van der Waals surface area (Å²) in [5.41, 5.74) is 0.844. The first-order chi connectivity index (χ1) is 8.11. The van der Waals surface area contributed by atoms with Crippen LogP contribution >= 0.6 is 0 Å².